The van der Waals surface area contributed by atoms with E-state index in [0.717, 1.165) is 56.9 Å². The van der Waals surface area contributed by atoms with Crippen molar-refractivity contribution in [3.63, 3.8) is 0 Å². The van der Waals surface area contributed by atoms with Gasteiger partial charge < -0.3 is 9.47 Å². The minimum atomic E-state index is -1.27. The maximum atomic E-state index is 15.2. The smallest absolute Gasteiger partial charge is 0.201 e. The molecule has 0 aliphatic heterocycles. The second-order valence-corrected chi connectivity index (χ2v) is 11.8. The normalized spacial score (nSPS) is 20.4. The summed E-state index contributed by atoms with van der Waals surface area (Å²) >= 11 is 0. The first-order valence-electron chi connectivity index (χ1n) is 15.6. The molecule has 2 aliphatic carbocycles. The van der Waals surface area contributed by atoms with Gasteiger partial charge in [-0.05, 0) is 118 Å². The van der Waals surface area contributed by atoms with E-state index in [1.807, 2.05) is 6.08 Å². The first-order chi connectivity index (χ1) is 21.2. The molecule has 0 bridgehead atoms. The van der Waals surface area contributed by atoms with Crippen LogP contribution < -0.4 is 9.47 Å². The van der Waals surface area contributed by atoms with Gasteiger partial charge in [-0.25, -0.2) is 17.6 Å². The second kappa shape index (κ2) is 14.1. The average Bonchev–Trinajstić information content (AvgIpc) is 3.03. The van der Waals surface area contributed by atoms with Gasteiger partial charge in [-0.15, -0.1) is 0 Å². The van der Waals surface area contributed by atoms with E-state index in [1.54, 1.807) is 19.9 Å². The van der Waals surface area contributed by atoms with Crippen LogP contribution in [0.1, 0.15) is 88.7 Å². The van der Waals surface area contributed by atoms with E-state index >= 15 is 8.78 Å². The number of allylic oxidation sites excluding steroid dienone is 2. The molecule has 0 radical (unpaired) electrons. The lowest BCUT2D eigenvalue weighted by Gasteiger charge is -2.31. The lowest BCUT2D eigenvalue weighted by molar-refractivity contribution is 0.278. The molecule has 3 aromatic carbocycles. The van der Waals surface area contributed by atoms with E-state index in [4.69, 9.17) is 9.47 Å². The zero-order valence-electron chi connectivity index (χ0n) is 25.1. The Morgan fingerprint density at radius 2 is 1.09 bits per heavy atom. The third kappa shape index (κ3) is 6.64. The van der Waals surface area contributed by atoms with Crippen LogP contribution in [-0.2, 0) is 0 Å². The van der Waals surface area contributed by atoms with Crippen LogP contribution in [0, 0.1) is 46.7 Å². The molecule has 1 atom stereocenters. The van der Waals surface area contributed by atoms with Gasteiger partial charge in [0.1, 0.15) is 0 Å². The fourth-order valence-electron chi connectivity index (χ4n) is 6.77. The Balaban J connectivity index is 1.15. The van der Waals surface area contributed by atoms with Crippen LogP contribution in [-0.4, -0.2) is 13.2 Å². The molecule has 0 saturated heterocycles. The van der Waals surface area contributed by atoms with Crippen molar-refractivity contribution in [3.8, 4) is 22.6 Å². The number of hydrogen-bond acceptors (Lipinski definition) is 2. The Morgan fingerprint density at radius 3 is 1.66 bits per heavy atom. The van der Waals surface area contributed by atoms with Gasteiger partial charge in [0.15, 0.2) is 34.8 Å². The fourth-order valence-corrected chi connectivity index (χ4v) is 6.77. The molecule has 236 valence electrons. The predicted molar refractivity (Wildman–Crippen MR) is 160 cm³/mol. The minimum absolute atomic E-state index is 0.0707. The molecule has 1 fully saturated rings. The monoisotopic (exact) mass is 616 g/mol. The molecule has 0 N–H and O–H groups in total. The zero-order chi connectivity index (χ0) is 31.4. The van der Waals surface area contributed by atoms with Crippen molar-refractivity contribution >= 4 is 5.57 Å². The van der Waals surface area contributed by atoms with Gasteiger partial charge >= 0.3 is 0 Å². The predicted octanol–water partition coefficient (Wildman–Crippen LogP) is 10.9. The van der Waals surface area contributed by atoms with Gasteiger partial charge in [0.2, 0.25) is 11.6 Å². The van der Waals surface area contributed by atoms with Crippen LogP contribution in [0.2, 0.25) is 0 Å². The van der Waals surface area contributed by atoms with E-state index in [2.05, 4.69) is 0 Å². The third-order valence-corrected chi connectivity index (χ3v) is 9.23. The SMILES string of the molecule is CCOc1ccc(C2=CCC(CCC3CCC(c4ccc(-c5ccc(OCC)c(F)c5F)c(F)c4F)CC3)CC2)c(F)c1F. The van der Waals surface area contributed by atoms with Crippen LogP contribution in [0.15, 0.2) is 42.5 Å². The van der Waals surface area contributed by atoms with Gasteiger partial charge in [-0.1, -0.05) is 24.6 Å². The first-order valence-corrected chi connectivity index (χ1v) is 15.6. The highest BCUT2D eigenvalue weighted by Gasteiger charge is 2.29. The number of hydrogen-bond donors (Lipinski definition) is 0. The number of rotatable bonds is 10. The quantitative estimate of drug-likeness (QED) is 0.211. The lowest BCUT2D eigenvalue weighted by atomic mass is 9.75. The van der Waals surface area contributed by atoms with Crippen molar-refractivity contribution in [2.24, 2.45) is 11.8 Å². The highest BCUT2D eigenvalue weighted by Crippen LogP contribution is 2.42. The molecule has 8 heteroatoms. The molecule has 1 unspecified atom stereocenters. The largest absolute Gasteiger partial charge is 0.491 e. The highest BCUT2D eigenvalue weighted by atomic mass is 19.2. The summed E-state index contributed by atoms with van der Waals surface area (Å²) in [5, 5.41) is 0. The standard InChI is InChI=1S/C36H38F6O2/c1-3-43-29-19-17-26(32(38)35(29)41)24-13-9-22(10-14-24)6-5-21-7-11-23(12-8-21)25-15-16-27(33(39)31(25)37)28-18-20-30(44-4-2)36(42)34(28)40/h13,15-23H,3-12,14H2,1-2H3. The van der Waals surface area contributed by atoms with Crippen LogP contribution in [0.25, 0.3) is 16.7 Å². The molecule has 2 aliphatic rings. The molecule has 0 heterocycles. The van der Waals surface area contributed by atoms with E-state index in [9.17, 15) is 17.6 Å². The third-order valence-electron chi connectivity index (χ3n) is 9.23. The number of benzene rings is 3. The summed E-state index contributed by atoms with van der Waals surface area (Å²) in [6.45, 7) is 3.77. The van der Waals surface area contributed by atoms with E-state index in [-0.39, 0.29) is 47.3 Å². The molecule has 3 aromatic rings. The molecule has 2 nitrogen and oxygen atoms in total. The summed E-state index contributed by atoms with van der Waals surface area (Å²) in [7, 11) is 0. The van der Waals surface area contributed by atoms with Crippen LogP contribution >= 0.6 is 0 Å². The van der Waals surface area contributed by atoms with Crippen LogP contribution in [0.5, 0.6) is 11.5 Å². The molecule has 0 aromatic heterocycles. The van der Waals surface area contributed by atoms with Crippen molar-refractivity contribution in [3.05, 3.63) is 88.5 Å². The zero-order valence-corrected chi connectivity index (χ0v) is 25.1. The summed E-state index contributed by atoms with van der Waals surface area (Å²) in [6.07, 6.45) is 9.75. The average molecular weight is 617 g/mol. The second-order valence-electron chi connectivity index (χ2n) is 11.8. The van der Waals surface area contributed by atoms with E-state index in [1.165, 1.54) is 30.3 Å². The summed E-state index contributed by atoms with van der Waals surface area (Å²) in [6, 6.07) is 8.32. The van der Waals surface area contributed by atoms with Crippen molar-refractivity contribution in [2.75, 3.05) is 13.2 Å². The number of halogens is 6. The van der Waals surface area contributed by atoms with Crippen molar-refractivity contribution in [1.82, 2.24) is 0 Å². The van der Waals surface area contributed by atoms with Crippen LogP contribution in [0.4, 0.5) is 26.3 Å². The van der Waals surface area contributed by atoms with Gasteiger partial charge in [-0.2, -0.15) is 8.78 Å². The van der Waals surface area contributed by atoms with E-state index < -0.39 is 34.9 Å². The topological polar surface area (TPSA) is 18.5 Å². The Bertz CT molecular complexity index is 1510. The van der Waals surface area contributed by atoms with Crippen molar-refractivity contribution < 1.29 is 35.8 Å². The van der Waals surface area contributed by atoms with E-state index in [0.29, 0.717) is 23.8 Å². The summed E-state index contributed by atoms with van der Waals surface area (Å²) in [5.41, 5.74) is 0.742. The fraction of sp³-hybridized carbons (Fsp3) is 0.444. The highest BCUT2D eigenvalue weighted by molar-refractivity contribution is 5.68. The maximum Gasteiger partial charge on any atom is 0.201 e. The van der Waals surface area contributed by atoms with Crippen LogP contribution in [0.3, 0.4) is 0 Å². The Labute approximate surface area is 255 Å². The number of ether oxygens (including phenoxy) is 2. The van der Waals surface area contributed by atoms with Gasteiger partial charge in [0.25, 0.3) is 0 Å². The van der Waals surface area contributed by atoms with Crippen molar-refractivity contribution in [2.45, 2.75) is 77.6 Å². The lowest BCUT2D eigenvalue weighted by Crippen LogP contribution is -2.16. The molecular formula is C36H38F6O2. The molecule has 0 spiro atoms. The Morgan fingerprint density at radius 1 is 0.568 bits per heavy atom. The summed E-state index contributed by atoms with van der Waals surface area (Å²) < 4.78 is 98.6. The Hall–Kier alpha value is -3.42. The van der Waals surface area contributed by atoms with Gasteiger partial charge in [0.05, 0.1) is 13.2 Å². The first kappa shape index (κ1) is 32.0. The molecule has 1 saturated carbocycles. The molecule has 5 rings (SSSR count). The minimum Gasteiger partial charge on any atom is -0.491 e. The Kier molecular flexibility index (Phi) is 10.3. The molecular weight excluding hydrogens is 578 g/mol. The summed E-state index contributed by atoms with van der Waals surface area (Å²) in [5.74, 6) is -6.01. The molecule has 44 heavy (non-hydrogen) atoms. The molecule has 0 amide bonds. The van der Waals surface area contributed by atoms with Crippen molar-refractivity contribution in [1.29, 1.82) is 0 Å². The van der Waals surface area contributed by atoms with Gasteiger partial charge in [0, 0.05) is 16.7 Å². The summed E-state index contributed by atoms with van der Waals surface area (Å²) in [4.78, 5) is 0. The van der Waals surface area contributed by atoms with Gasteiger partial charge in [-0.3, -0.25) is 0 Å². The maximum absolute atomic E-state index is 15.2.